The fourth-order valence-corrected chi connectivity index (χ4v) is 0.758. The largest absolute Gasteiger partial charge is 0.497 e. The van der Waals surface area contributed by atoms with Gasteiger partial charge in [0.05, 0.1) is 12.8 Å². The van der Waals surface area contributed by atoms with E-state index in [1.165, 1.54) is 0 Å². The van der Waals surface area contributed by atoms with Crippen molar-refractivity contribution in [3.63, 3.8) is 0 Å². The summed E-state index contributed by atoms with van der Waals surface area (Å²) < 4.78 is 5.00. The number of hydrogen-bond acceptors (Lipinski definition) is 3. The quantitative estimate of drug-likeness (QED) is 0.592. The lowest BCUT2D eigenvalue weighted by Gasteiger charge is -1.97. The maximum Gasteiger partial charge on any atom is 0.122 e. The molecule has 0 bridgehead atoms. The highest BCUT2D eigenvalue weighted by Crippen LogP contribution is 2.07. The summed E-state index contributed by atoms with van der Waals surface area (Å²) in [7, 11) is 3.34. The molecule has 1 aromatic rings. The van der Waals surface area contributed by atoms with Gasteiger partial charge in [-0.05, 0) is 6.07 Å². The molecule has 0 fully saturated rings. The standard InChI is InChI=1S/C8H10N2O/c1-9-6-7-5-8(11-2)3-4-10-7/h3-6H,1-2H3. The van der Waals surface area contributed by atoms with Crippen molar-refractivity contribution in [3.05, 3.63) is 24.0 Å². The Kier molecular flexibility index (Phi) is 2.60. The van der Waals surface area contributed by atoms with Crippen LogP contribution in [0.5, 0.6) is 5.75 Å². The lowest BCUT2D eigenvalue weighted by atomic mass is 10.3. The monoisotopic (exact) mass is 150 g/mol. The van der Waals surface area contributed by atoms with Crippen molar-refractivity contribution in [2.75, 3.05) is 14.2 Å². The van der Waals surface area contributed by atoms with Crippen molar-refractivity contribution in [3.8, 4) is 5.75 Å². The summed E-state index contributed by atoms with van der Waals surface area (Å²) in [5.41, 5.74) is 0.812. The van der Waals surface area contributed by atoms with Gasteiger partial charge in [-0.1, -0.05) is 0 Å². The van der Waals surface area contributed by atoms with Crippen LogP contribution in [-0.4, -0.2) is 25.4 Å². The van der Waals surface area contributed by atoms with Crippen molar-refractivity contribution in [1.29, 1.82) is 0 Å². The van der Waals surface area contributed by atoms with E-state index in [9.17, 15) is 0 Å². The Bertz CT molecular complexity index is 258. The topological polar surface area (TPSA) is 34.5 Å². The molecule has 0 spiro atoms. The third kappa shape index (κ3) is 2.04. The molecular formula is C8H10N2O. The minimum absolute atomic E-state index is 0.801. The van der Waals surface area contributed by atoms with Crippen LogP contribution in [0.2, 0.25) is 0 Å². The molecule has 58 valence electrons. The highest BCUT2D eigenvalue weighted by atomic mass is 16.5. The van der Waals surface area contributed by atoms with E-state index in [1.54, 1.807) is 32.6 Å². The maximum atomic E-state index is 5.00. The summed E-state index contributed by atoms with van der Waals surface area (Å²) in [5.74, 6) is 0.801. The molecule has 0 N–H and O–H groups in total. The fraction of sp³-hybridized carbons (Fsp3) is 0.250. The highest BCUT2D eigenvalue weighted by Gasteiger charge is 1.91. The van der Waals surface area contributed by atoms with E-state index >= 15 is 0 Å². The van der Waals surface area contributed by atoms with Gasteiger partial charge in [-0.3, -0.25) is 9.98 Å². The minimum atomic E-state index is 0.801. The molecule has 3 heteroatoms. The van der Waals surface area contributed by atoms with Gasteiger partial charge in [0.25, 0.3) is 0 Å². The van der Waals surface area contributed by atoms with Crippen molar-refractivity contribution in [1.82, 2.24) is 4.98 Å². The van der Waals surface area contributed by atoms with Gasteiger partial charge in [0.15, 0.2) is 0 Å². The Morgan fingerprint density at radius 2 is 2.45 bits per heavy atom. The van der Waals surface area contributed by atoms with Gasteiger partial charge in [-0.25, -0.2) is 0 Å². The van der Waals surface area contributed by atoms with E-state index in [2.05, 4.69) is 9.98 Å². The molecule has 11 heavy (non-hydrogen) atoms. The van der Waals surface area contributed by atoms with Crippen molar-refractivity contribution >= 4 is 6.21 Å². The fourth-order valence-electron chi connectivity index (χ4n) is 0.758. The molecule has 0 radical (unpaired) electrons. The van der Waals surface area contributed by atoms with Crippen LogP contribution in [0.3, 0.4) is 0 Å². The van der Waals surface area contributed by atoms with Gasteiger partial charge >= 0.3 is 0 Å². The van der Waals surface area contributed by atoms with Crippen molar-refractivity contribution in [2.24, 2.45) is 4.99 Å². The predicted octanol–water partition coefficient (Wildman–Crippen LogP) is 1.14. The third-order valence-electron chi connectivity index (χ3n) is 1.25. The molecule has 0 aliphatic heterocycles. The highest BCUT2D eigenvalue weighted by molar-refractivity contribution is 5.77. The number of nitrogens with zero attached hydrogens (tertiary/aromatic N) is 2. The lowest BCUT2D eigenvalue weighted by molar-refractivity contribution is 0.414. The third-order valence-corrected chi connectivity index (χ3v) is 1.25. The van der Waals surface area contributed by atoms with Gasteiger partial charge in [-0.2, -0.15) is 0 Å². The molecule has 1 heterocycles. The number of pyridine rings is 1. The Morgan fingerprint density at radius 3 is 3.09 bits per heavy atom. The van der Waals surface area contributed by atoms with Crippen LogP contribution in [0, 0.1) is 0 Å². The van der Waals surface area contributed by atoms with Gasteiger partial charge in [0, 0.05) is 25.5 Å². The van der Waals surface area contributed by atoms with E-state index in [0.29, 0.717) is 0 Å². The number of ether oxygens (including phenoxy) is 1. The number of aliphatic imine (C=N–C) groups is 1. The number of rotatable bonds is 2. The summed E-state index contributed by atoms with van der Waals surface area (Å²) in [4.78, 5) is 7.89. The van der Waals surface area contributed by atoms with Gasteiger partial charge < -0.3 is 4.74 Å². The summed E-state index contributed by atoms with van der Waals surface area (Å²) >= 11 is 0. The van der Waals surface area contributed by atoms with Crippen LogP contribution in [0.15, 0.2) is 23.3 Å². The zero-order valence-corrected chi connectivity index (χ0v) is 6.61. The first-order chi connectivity index (χ1) is 5.36. The Hall–Kier alpha value is -1.38. The first-order valence-electron chi connectivity index (χ1n) is 3.29. The van der Waals surface area contributed by atoms with E-state index in [1.807, 2.05) is 6.07 Å². The van der Waals surface area contributed by atoms with E-state index in [4.69, 9.17) is 4.74 Å². The van der Waals surface area contributed by atoms with E-state index in [-0.39, 0.29) is 0 Å². The molecule has 0 saturated heterocycles. The first-order valence-corrected chi connectivity index (χ1v) is 3.29. The van der Waals surface area contributed by atoms with E-state index in [0.717, 1.165) is 11.4 Å². The second-order valence-electron chi connectivity index (χ2n) is 2.01. The zero-order chi connectivity index (χ0) is 8.10. The van der Waals surface area contributed by atoms with Gasteiger partial charge in [-0.15, -0.1) is 0 Å². The molecule has 1 rings (SSSR count). The second-order valence-corrected chi connectivity index (χ2v) is 2.01. The Balaban J connectivity index is 2.91. The Labute approximate surface area is 65.8 Å². The van der Waals surface area contributed by atoms with Crippen LogP contribution >= 0.6 is 0 Å². The molecule has 1 aromatic heterocycles. The molecule has 0 aromatic carbocycles. The summed E-state index contributed by atoms with van der Waals surface area (Å²) in [6, 6.07) is 3.62. The predicted molar refractivity (Wildman–Crippen MR) is 44.3 cm³/mol. The molecule has 0 saturated carbocycles. The number of aromatic nitrogens is 1. The molecular weight excluding hydrogens is 140 g/mol. The van der Waals surface area contributed by atoms with Crippen LogP contribution in [-0.2, 0) is 0 Å². The molecule has 0 aliphatic carbocycles. The molecule has 0 amide bonds. The molecule has 0 unspecified atom stereocenters. The maximum absolute atomic E-state index is 5.00. The van der Waals surface area contributed by atoms with Crippen LogP contribution < -0.4 is 4.74 Å². The lowest BCUT2D eigenvalue weighted by Crippen LogP contribution is -1.89. The van der Waals surface area contributed by atoms with Crippen molar-refractivity contribution < 1.29 is 4.74 Å². The number of methoxy groups -OCH3 is 1. The minimum Gasteiger partial charge on any atom is -0.497 e. The molecule has 3 nitrogen and oxygen atoms in total. The van der Waals surface area contributed by atoms with Crippen LogP contribution in [0.4, 0.5) is 0 Å². The second kappa shape index (κ2) is 3.71. The van der Waals surface area contributed by atoms with Crippen LogP contribution in [0.25, 0.3) is 0 Å². The summed E-state index contributed by atoms with van der Waals surface area (Å²) in [6.45, 7) is 0. The summed E-state index contributed by atoms with van der Waals surface area (Å²) in [5, 5.41) is 0. The smallest absolute Gasteiger partial charge is 0.122 e. The van der Waals surface area contributed by atoms with Crippen molar-refractivity contribution in [2.45, 2.75) is 0 Å². The number of hydrogen-bond donors (Lipinski definition) is 0. The molecule has 0 atom stereocenters. The average molecular weight is 150 g/mol. The first kappa shape index (κ1) is 7.72. The SMILES string of the molecule is CN=Cc1cc(OC)ccn1. The van der Waals surface area contributed by atoms with Crippen LogP contribution in [0.1, 0.15) is 5.69 Å². The zero-order valence-electron chi connectivity index (χ0n) is 6.61. The molecule has 0 aliphatic rings. The summed E-state index contributed by atoms with van der Waals surface area (Å²) in [6.07, 6.45) is 3.37. The van der Waals surface area contributed by atoms with Gasteiger partial charge in [0.1, 0.15) is 5.75 Å². The van der Waals surface area contributed by atoms with Gasteiger partial charge in [0.2, 0.25) is 0 Å². The average Bonchev–Trinajstić information content (AvgIpc) is 2.06. The van der Waals surface area contributed by atoms with E-state index < -0.39 is 0 Å². The normalized spacial score (nSPS) is 10.4. The Morgan fingerprint density at radius 1 is 1.64 bits per heavy atom.